The largest absolute Gasteiger partial charge is 0.397 e. The number of alkyl halides is 3. The van der Waals surface area contributed by atoms with E-state index >= 15 is 0 Å². The summed E-state index contributed by atoms with van der Waals surface area (Å²) in [7, 11) is 0. The number of carbonyl (C=O) groups excluding carboxylic acids is 2. The van der Waals surface area contributed by atoms with Crippen LogP contribution in [0, 0.1) is 17.7 Å². The van der Waals surface area contributed by atoms with Crippen molar-refractivity contribution in [2.24, 2.45) is 11.8 Å². The van der Waals surface area contributed by atoms with E-state index in [1.165, 1.54) is 18.2 Å². The predicted octanol–water partition coefficient (Wildman–Crippen LogP) is 4.69. The lowest BCUT2D eigenvalue weighted by Crippen LogP contribution is -2.34. The minimum Gasteiger partial charge on any atom is -0.371 e. The van der Waals surface area contributed by atoms with Crippen LogP contribution < -0.4 is 10.2 Å². The van der Waals surface area contributed by atoms with Gasteiger partial charge in [0.05, 0.1) is 10.6 Å². The summed E-state index contributed by atoms with van der Waals surface area (Å²) in [4.78, 5) is 28.1. The molecule has 2 aromatic carbocycles. The number of carbonyl (C=O) groups is 2. The number of rotatable bonds is 7. The SMILES string of the molecule is O=C(CC(F)(F)F)NCCCc1cccc(N2CC3CN(C(=O)c4c(F)cccc4Cl)CC3C2)c1. The quantitative estimate of drug-likeness (QED) is 0.433. The molecule has 2 atom stereocenters. The summed E-state index contributed by atoms with van der Waals surface area (Å²) in [5.41, 5.74) is 2.01. The second-order valence-electron chi connectivity index (χ2n) is 9.15. The highest BCUT2D eigenvalue weighted by molar-refractivity contribution is 6.33. The molecule has 0 bridgehead atoms. The molecule has 0 aromatic heterocycles. The van der Waals surface area contributed by atoms with Crippen LogP contribution in [-0.2, 0) is 11.2 Å². The molecule has 2 amide bonds. The second-order valence-corrected chi connectivity index (χ2v) is 9.55. The zero-order chi connectivity index (χ0) is 25.2. The van der Waals surface area contributed by atoms with Crippen LogP contribution in [0.4, 0.5) is 23.2 Å². The van der Waals surface area contributed by atoms with Crippen molar-refractivity contribution in [2.75, 3.05) is 37.6 Å². The lowest BCUT2D eigenvalue weighted by Gasteiger charge is -2.24. The van der Waals surface area contributed by atoms with Gasteiger partial charge in [-0.05, 0) is 42.7 Å². The molecule has 0 radical (unpaired) electrons. The van der Waals surface area contributed by atoms with Crippen molar-refractivity contribution < 1.29 is 27.2 Å². The van der Waals surface area contributed by atoms with E-state index in [4.69, 9.17) is 11.6 Å². The van der Waals surface area contributed by atoms with E-state index in [2.05, 4.69) is 16.3 Å². The number of hydrogen-bond acceptors (Lipinski definition) is 3. The van der Waals surface area contributed by atoms with Gasteiger partial charge in [0.25, 0.3) is 5.91 Å². The van der Waals surface area contributed by atoms with E-state index in [0.29, 0.717) is 25.9 Å². The van der Waals surface area contributed by atoms with E-state index < -0.39 is 24.3 Å². The Hall–Kier alpha value is -2.81. The first kappa shape index (κ1) is 25.3. The Balaban J connectivity index is 1.28. The Morgan fingerprint density at radius 3 is 2.37 bits per heavy atom. The zero-order valence-corrected chi connectivity index (χ0v) is 19.7. The molecule has 2 saturated heterocycles. The maximum atomic E-state index is 14.2. The van der Waals surface area contributed by atoms with Crippen molar-refractivity contribution in [1.82, 2.24) is 10.2 Å². The fourth-order valence-corrected chi connectivity index (χ4v) is 5.15. The Labute approximate surface area is 206 Å². The average Bonchev–Trinajstić information content (AvgIpc) is 3.35. The normalized spacial score (nSPS) is 19.7. The Morgan fingerprint density at radius 1 is 1.03 bits per heavy atom. The third kappa shape index (κ3) is 6.25. The molecule has 35 heavy (non-hydrogen) atoms. The Morgan fingerprint density at radius 2 is 1.71 bits per heavy atom. The van der Waals surface area contributed by atoms with Crippen LogP contribution in [0.5, 0.6) is 0 Å². The van der Waals surface area contributed by atoms with E-state index in [1.54, 1.807) is 4.90 Å². The lowest BCUT2D eigenvalue weighted by atomic mass is 10.0. The fraction of sp³-hybridized carbons (Fsp3) is 0.440. The van der Waals surface area contributed by atoms with Gasteiger partial charge in [0.2, 0.25) is 5.91 Å². The Bertz CT molecular complexity index is 1060. The van der Waals surface area contributed by atoms with Gasteiger partial charge >= 0.3 is 6.18 Å². The maximum absolute atomic E-state index is 14.2. The lowest BCUT2D eigenvalue weighted by molar-refractivity contribution is -0.153. The molecule has 5 nitrogen and oxygen atoms in total. The van der Waals surface area contributed by atoms with Gasteiger partial charge in [0.1, 0.15) is 12.2 Å². The van der Waals surface area contributed by atoms with E-state index in [9.17, 15) is 27.2 Å². The molecule has 188 valence electrons. The zero-order valence-electron chi connectivity index (χ0n) is 19.0. The van der Waals surface area contributed by atoms with Crippen LogP contribution in [0.3, 0.4) is 0 Å². The number of nitrogens with one attached hydrogen (secondary N) is 1. The van der Waals surface area contributed by atoms with Gasteiger partial charge in [-0.3, -0.25) is 9.59 Å². The highest BCUT2D eigenvalue weighted by Crippen LogP contribution is 2.35. The van der Waals surface area contributed by atoms with Gasteiger partial charge in [-0.15, -0.1) is 0 Å². The molecule has 1 N–H and O–H groups in total. The van der Waals surface area contributed by atoms with E-state index in [0.717, 1.165) is 24.3 Å². The van der Waals surface area contributed by atoms with Crippen molar-refractivity contribution in [3.63, 3.8) is 0 Å². The maximum Gasteiger partial charge on any atom is 0.397 e. The van der Waals surface area contributed by atoms with Crippen molar-refractivity contribution in [1.29, 1.82) is 0 Å². The number of aryl methyl sites for hydroxylation is 1. The van der Waals surface area contributed by atoms with E-state index in [-0.39, 0.29) is 34.9 Å². The molecular weight excluding hydrogens is 486 g/mol. The summed E-state index contributed by atoms with van der Waals surface area (Å²) in [6, 6.07) is 12.2. The summed E-state index contributed by atoms with van der Waals surface area (Å²) >= 11 is 6.07. The van der Waals surface area contributed by atoms with Gasteiger partial charge in [-0.2, -0.15) is 13.2 Å². The standard InChI is InChI=1S/C25H26ClF4N3O2/c26-20-7-2-8-21(27)23(20)24(35)33-14-17-12-32(13-18(17)15-33)19-6-1-4-16(10-19)5-3-9-31-22(34)11-25(28,29)30/h1-2,4,6-8,10,17-18H,3,5,9,11-15H2,(H,31,34). The summed E-state index contributed by atoms with van der Waals surface area (Å²) in [6.45, 7) is 2.82. The Kier molecular flexibility index (Phi) is 7.54. The van der Waals surface area contributed by atoms with Crippen LogP contribution in [-0.4, -0.2) is 55.6 Å². The summed E-state index contributed by atoms with van der Waals surface area (Å²) in [5, 5.41) is 2.42. The molecule has 2 fully saturated rings. The highest BCUT2D eigenvalue weighted by atomic mass is 35.5. The molecule has 10 heteroatoms. The molecule has 4 rings (SSSR count). The number of hydrogen-bond donors (Lipinski definition) is 1. The van der Waals surface area contributed by atoms with Crippen LogP contribution in [0.2, 0.25) is 5.02 Å². The summed E-state index contributed by atoms with van der Waals surface area (Å²) in [5.74, 6) is -1.45. The first-order valence-corrected chi connectivity index (χ1v) is 11.9. The van der Waals surface area contributed by atoms with Crippen LogP contribution in [0.15, 0.2) is 42.5 Å². The third-order valence-electron chi connectivity index (χ3n) is 6.55. The summed E-state index contributed by atoms with van der Waals surface area (Å²) < 4.78 is 50.8. The highest BCUT2D eigenvalue weighted by Gasteiger charge is 2.42. The minimum absolute atomic E-state index is 0.0757. The molecule has 2 aliphatic rings. The van der Waals surface area contributed by atoms with Crippen molar-refractivity contribution in [2.45, 2.75) is 25.4 Å². The second kappa shape index (κ2) is 10.4. The molecule has 0 aliphatic carbocycles. The molecule has 0 saturated carbocycles. The minimum atomic E-state index is -4.50. The van der Waals surface area contributed by atoms with Gasteiger partial charge in [-0.1, -0.05) is 29.8 Å². The van der Waals surface area contributed by atoms with Crippen molar-refractivity contribution in [3.8, 4) is 0 Å². The number of benzene rings is 2. The first-order chi connectivity index (χ1) is 16.6. The van der Waals surface area contributed by atoms with Crippen LogP contribution in [0.25, 0.3) is 0 Å². The first-order valence-electron chi connectivity index (χ1n) is 11.5. The molecule has 2 unspecified atom stereocenters. The molecule has 2 aromatic rings. The molecule has 0 spiro atoms. The number of fused-ring (bicyclic) bond motifs is 1. The topological polar surface area (TPSA) is 52.7 Å². The van der Waals surface area contributed by atoms with Gasteiger partial charge in [-0.25, -0.2) is 4.39 Å². The number of likely N-dealkylation sites (tertiary alicyclic amines) is 1. The molecule has 2 heterocycles. The number of halogens is 5. The molecular formula is C25H26ClF4N3O2. The monoisotopic (exact) mass is 511 g/mol. The van der Waals surface area contributed by atoms with Gasteiger partial charge in [0.15, 0.2) is 0 Å². The molecule has 2 aliphatic heterocycles. The number of anilines is 1. The smallest absolute Gasteiger partial charge is 0.371 e. The van der Waals surface area contributed by atoms with Crippen molar-refractivity contribution in [3.05, 3.63) is 64.4 Å². The third-order valence-corrected chi connectivity index (χ3v) is 6.87. The van der Waals surface area contributed by atoms with Crippen LogP contribution >= 0.6 is 11.6 Å². The number of nitrogens with zero attached hydrogens (tertiary/aromatic N) is 2. The van der Waals surface area contributed by atoms with Gasteiger partial charge < -0.3 is 15.1 Å². The average molecular weight is 512 g/mol. The van der Waals surface area contributed by atoms with E-state index in [1.807, 2.05) is 18.2 Å². The van der Waals surface area contributed by atoms with Crippen molar-refractivity contribution >= 4 is 29.1 Å². The van der Waals surface area contributed by atoms with Gasteiger partial charge in [0, 0.05) is 50.2 Å². The summed E-state index contributed by atoms with van der Waals surface area (Å²) in [6.07, 6.45) is -4.79. The van der Waals surface area contributed by atoms with Crippen LogP contribution in [0.1, 0.15) is 28.8 Å². The fourth-order valence-electron chi connectivity index (χ4n) is 4.90. The number of amides is 2. The predicted molar refractivity (Wildman–Crippen MR) is 125 cm³/mol.